The van der Waals surface area contributed by atoms with E-state index in [2.05, 4.69) is 0 Å². The van der Waals surface area contributed by atoms with Gasteiger partial charge in [0, 0.05) is 6.42 Å². The van der Waals surface area contributed by atoms with Crippen molar-refractivity contribution in [3.05, 3.63) is 65.5 Å². The fourth-order valence-electron chi connectivity index (χ4n) is 1.70. The third kappa shape index (κ3) is 4.13. The molecule has 0 fully saturated rings. The van der Waals surface area contributed by atoms with Gasteiger partial charge in [-0.1, -0.05) is 29.8 Å². The molecule has 0 amide bonds. The summed E-state index contributed by atoms with van der Waals surface area (Å²) in [4.78, 5) is -0.00282. The van der Waals surface area contributed by atoms with Crippen LogP contribution in [0.15, 0.2) is 53.4 Å². The first-order valence-electron chi connectivity index (χ1n) is 6.20. The van der Waals surface area contributed by atoms with Crippen molar-refractivity contribution in [3.63, 3.8) is 0 Å². The molecule has 0 bridgehead atoms. The van der Waals surface area contributed by atoms with Crippen LogP contribution >= 0.6 is 0 Å². The Morgan fingerprint density at radius 1 is 1.10 bits per heavy atom. The Morgan fingerprint density at radius 2 is 1.67 bits per heavy atom. The smallest absolute Gasteiger partial charge is 0.340 e. The molecule has 2 rings (SSSR count). The highest BCUT2D eigenvalue weighted by Crippen LogP contribution is 2.14. The molecule has 2 aromatic rings. The topological polar surface area (TPSA) is 67.2 Å². The molecule has 4 nitrogen and oxygen atoms in total. The minimum Gasteiger partial charge on any atom is -0.363 e. The number of halogens is 1. The SMILES string of the molecule is Cc1ccc(S(=O)(=O)OC(=N)Cc2ccc(F)cc2)cc1. The summed E-state index contributed by atoms with van der Waals surface area (Å²) in [6.07, 6.45) is -0.0224. The van der Waals surface area contributed by atoms with Gasteiger partial charge in [-0.25, -0.2) is 4.39 Å². The molecule has 2 aromatic carbocycles. The summed E-state index contributed by atoms with van der Waals surface area (Å²) < 4.78 is 41.5. The van der Waals surface area contributed by atoms with Crippen LogP contribution in [0.2, 0.25) is 0 Å². The van der Waals surface area contributed by atoms with Gasteiger partial charge >= 0.3 is 10.1 Å². The first-order valence-corrected chi connectivity index (χ1v) is 7.61. The number of aryl methyl sites for hydroxylation is 1. The van der Waals surface area contributed by atoms with Crippen molar-refractivity contribution < 1.29 is 17.0 Å². The van der Waals surface area contributed by atoms with E-state index in [0.29, 0.717) is 5.56 Å². The quantitative estimate of drug-likeness (QED) is 0.536. The number of rotatable bonds is 4. The summed E-state index contributed by atoms with van der Waals surface area (Å²) in [5.41, 5.74) is 1.52. The highest BCUT2D eigenvalue weighted by Gasteiger charge is 2.18. The van der Waals surface area contributed by atoms with E-state index in [4.69, 9.17) is 9.59 Å². The van der Waals surface area contributed by atoms with Crippen LogP contribution in [0.25, 0.3) is 0 Å². The van der Waals surface area contributed by atoms with Crippen LogP contribution in [0.3, 0.4) is 0 Å². The van der Waals surface area contributed by atoms with Crippen LogP contribution in [0.4, 0.5) is 4.39 Å². The Morgan fingerprint density at radius 3 is 2.24 bits per heavy atom. The zero-order valence-electron chi connectivity index (χ0n) is 11.3. The molecule has 21 heavy (non-hydrogen) atoms. The van der Waals surface area contributed by atoms with Gasteiger partial charge in [-0.2, -0.15) is 8.42 Å². The molecule has 1 N–H and O–H groups in total. The average molecular weight is 307 g/mol. The summed E-state index contributed by atoms with van der Waals surface area (Å²) >= 11 is 0. The van der Waals surface area contributed by atoms with E-state index in [9.17, 15) is 12.8 Å². The maximum atomic E-state index is 12.8. The highest BCUT2D eigenvalue weighted by molar-refractivity contribution is 7.87. The molecule has 0 heterocycles. The lowest BCUT2D eigenvalue weighted by Gasteiger charge is -2.08. The van der Waals surface area contributed by atoms with Crippen molar-refractivity contribution in [2.24, 2.45) is 0 Å². The Balaban J connectivity index is 2.07. The van der Waals surface area contributed by atoms with Crippen molar-refractivity contribution in [3.8, 4) is 0 Å². The second-order valence-corrected chi connectivity index (χ2v) is 6.12. The maximum absolute atomic E-state index is 12.8. The zero-order chi connectivity index (χ0) is 15.5. The third-order valence-corrected chi connectivity index (χ3v) is 4.07. The van der Waals surface area contributed by atoms with E-state index >= 15 is 0 Å². The van der Waals surface area contributed by atoms with Crippen molar-refractivity contribution in [1.82, 2.24) is 0 Å². The molecule has 0 radical (unpaired) electrons. The number of hydrogen-bond donors (Lipinski definition) is 1. The molecule has 0 unspecified atom stereocenters. The van der Waals surface area contributed by atoms with Crippen LogP contribution < -0.4 is 0 Å². The lowest BCUT2D eigenvalue weighted by molar-refractivity contribution is 0.474. The molecule has 0 saturated carbocycles. The lowest BCUT2D eigenvalue weighted by Crippen LogP contribution is -2.14. The van der Waals surface area contributed by atoms with Crippen LogP contribution in [0, 0.1) is 18.2 Å². The third-order valence-electron chi connectivity index (χ3n) is 2.80. The van der Waals surface area contributed by atoms with Crippen molar-refractivity contribution >= 4 is 16.0 Å². The zero-order valence-corrected chi connectivity index (χ0v) is 12.2. The maximum Gasteiger partial charge on any atom is 0.340 e. The van der Waals surface area contributed by atoms with Gasteiger partial charge in [0.15, 0.2) is 0 Å². The van der Waals surface area contributed by atoms with E-state index in [1.807, 2.05) is 6.92 Å². The monoisotopic (exact) mass is 307 g/mol. The van der Waals surface area contributed by atoms with Crippen LogP contribution in [0.1, 0.15) is 11.1 Å². The van der Waals surface area contributed by atoms with E-state index in [1.54, 1.807) is 12.1 Å². The first-order chi connectivity index (χ1) is 9.87. The molecule has 0 aliphatic carbocycles. The van der Waals surface area contributed by atoms with Gasteiger partial charge in [0.2, 0.25) is 5.90 Å². The van der Waals surface area contributed by atoms with Gasteiger partial charge in [0.1, 0.15) is 10.7 Å². The molecule has 0 atom stereocenters. The predicted octanol–water partition coefficient (Wildman–Crippen LogP) is 3.06. The molecule has 0 aliphatic heterocycles. The van der Waals surface area contributed by atoms with Crippen molar-refractivity contribution in [2.45, 2.75) is 18.2 Å². The Hall–Kier alpha value is -2.21. The van der Waals surface area contributed by atoms with Gasteiger partial charge in [0.05, 0.1) is 0 Å². The lowest BCUT2D eigenvalue weighted by atomic mass is 10.1. The van der Waals surface area contributed by atoms with Crippen molar-refractivity contribution in [1.29, 1.82) is 5.41 Å². The molecule has 0 saturated heterocycles. The molecule has 0 aromatic heterocycles. The second-order valence-electron chi connectivity index (χ2n) is 4.58. The van der Waals surface area contributed by atoms with Gasteiger partial charge in [0.25, 0.3) is 0 Å². The molecule has 6 heteroatoms. The minimum atomic E-state index is -4.00. The number of hydrogen-bond acceptors (Lipinski definition) is 4. The Kier molecular flexibility index (Phi) is 4.37. The Labute approximate surface area is 122 Å². The van der Waals surface area contributed by atoms with Gasteiger partial charge in [-0.05, 0) is 36.8 Å². The molecule has 0 spiro atoms. The average Bonchev–Trinajstić information content (AvgIpc) is 2.41. The van der Waals surface area contributed by atoms with Gasteiger partial charge < -0.3 is 4.18 Å². The van der Waals surface area contributed by atoms with Gasteiger partial charge in [-0.15, -0.1) is 0 Å². The molecular formula is C15H14FNO3S. The summed E-state index contributed by atoms with van der Waals surface area (Å²) in [5, 5.41) is 7.63. The van der Waals surface area contributed by atoms with E-state index in [0.717, 1.165) is 5.56 Å². The summed E-state index contributed by atoms with van der Waals surface area (Å²) in [6, 6.07) is 11.6. The molecule has 110 valence electrons. The minimum absolute atomic E-state index is 0.00282. The normalized spacial score (nSPS) is 11.1. The summed E-state index contributed by atoms with van der Waals surface area (Å²) in [5.74, 6) is -0.805. The summed E-state index contributed by atoms with van der Waals surface area (Å²) in [7, 11) is -4.00. The number of benzene rings is 2. The molecule has 0 aliphatic rings. The van der Waals surface area contributed by atoms with E-state index in [1.165, 1.54) is 36.4 Å². The summed E-state index contributed by atoms with van der Waals surface area (Å²) in [6.45, 7) is 1.84. The predicted molar refractivity (Wildman–Crippen MR) is 77.3 cm³/mol. The first kappa shape index (κ1) is 15.2. The van der Waals surface area contributed by atoms with Crippen LogP contribution in [-0.4, -0.2) is 14.3 Å². The van der Waals surface area contributed by atoms with Gasteiger partial charge in [-0.3, -0.25) is 5.41 Å². The van der Waals surface area contributed by atoms with Crippen molar-refractivity contribution in [2.75, 3.05) is 0 Å². The fraction of sp³-hybridized carbons (Fsp3) is 0.133. The highest BCUT2D eigenvalue weighted by atomic mass is 32.2. The largest absolute Gasteiger partial charge is 0.363 e. The van der Waals surface area contributed by atoms with Crippen LogP contribution in [0.5, 0.6) is 0 Å². The standard InChI is InChI=1S/C15H14FNO3S/c1-11-2-8-14(9-3-11)21(18,19)20-15(17)10-12-4-6-13(16)7-5-12/h2-9,17H,10H2,1H3. The Bertz CT molecular complexity index is 737. The molecular weight excluding hydrogens is 293 g/mol. The van der Waals surface area contributed by atoms with Crippen LogP contribution in [-0.2, 0) is 20.7 Å². The number of nitrogens with one attached hydrogen (secondary N) is 1. The van der Waals surface area contributed by atoms with E-state index < -0.39 is 21.8 Å². The second kappa shape index (κ2) is 6.05. The fourth-order valence-corrected chi connectivity index (χ4v) is 2.59. The van der Waals surface area contributed by atoms with E-state index in [-0.39, 0.29) is 11.3 Å².